The second-order valence-electron chi connectivity index (χ2n) is 18.3. The molecule has 0 saturated carbocycles. The highest BCUT2D eigenvalue weighted by molar-refractivity contribution is 6.01. The molecule has 3 aromatic carbocycles. The van der Waals surface area contributed by atoms with Gasteiger partial charge in [0.15, 0.2) is 0 Å². The van der Waals surface area contributed by atoms with Crippen LogP contribution in [0.4, 0.5) is 0 Å². The third-order valence-corrected chi connectivity index (χ3v) is 12.5. The topological polar surface area (TPSA) is 154 Å². The summed E-state index contributed by atoms with van der Waals surface area (Å²) in [5, 5.41) is 16.6. The van der Waals surface area contributed by atoms with E-state index in [0.717, 1.165) is 51.0 Å². The number of esters is 1. The van der Waals surface area contributed by atoms with Crippen molar-refractivity contribution < 1.29 is 33.8 Å². The van der Waals surface area contributed by atoms with Gasteiger partial charge in [0.1, 0.15) is 23.5 Å². The Morgan fingerprint density at radius 3 is 2.51 bits per heavy atom. The highest BCUT2D eigenvalue weighted by Gasteiger charge is 2.38. The van der Waals surface area contributed by atoms with E-state index in [4.69, 9.17) is 4.74 Å². The molecule has 3 atom stereocenters. The van der Waals surface area contributed by atoms with E-state index in [1.165, 1.54) is 23.0 Å². The number of rotatable bonds is 7. The molecule has 1 aromatic heterocycles. The van der Waals surface area contributed by atoms with Crippen LogP contribution in [0.25, 0.3) is 33.3 Å². The number of aromatic nitrogens is 1. The van der Waals surface area contributed by atoms with Gasteiger partial charge in [-0.3, -0.25) is 29.0 Å². The van der Waals surface area contributed by atoms with Gasteiger partial charge in [0.05, 0.1) is 18.2 Å². The minimum Gasteiger partial charge on any atom is -0.508 e. The summed E-state index contributed by atoms with van der Waals surface area (Å²) >= 11 is 0. The van der Waals surface area contributed by atoms with Gasteiger partial charge in [-0.15, -0.1) is 0 Å². The van der Waals surface area contributed by atoms with Gasteiger partial charge in [-0.2, -0.15) is 0 Å². The van der Waals surface area contributed by atoms with Crippen molar-refractivity contribution >= 4 is 40.5 Å². The molecule has 0 spiro atoms. The lowest BCUT2D eigenvalue weighted by molar-refractivity contribution is -0.155. The second kappa shape index (κ2) is 18.3. The van der Waals surface area contributed by atoms with Crippen LogP contribution in [-0.4, -0.2) is 99.5 Å². The molecular weight excluding hydrogens is 797 g/mol. The predicted molar refractivity (Wildman–Crippen MR) is 243 cm³/mol. The summed E-state index contributed by atoms with van der Waals surface area (Å²) in [6.07, 6.45) is 3.22. The summed E-state index contributed by atoms with van der Waals surface area (Å²) in [6.45, 7) is 17.2. The summed E-state index contributed by atoms with van der Waals surface area (Å²) in [5.74, 6) is -2.69. The molecule has 4 amide bonds. The first kappa shape index (κ1) is 44.8. The van der Waals surface area contributed by atoms with Gasteiger partial charge in [-0.1, -0.05) is 56.3 Å². The van der Waals surface area contributed by atoms with Crippen molar-refractivity contribution in [2.75, 3.05) is 33.3 Å². The Morgan fingerprint density at radius 2 is 1.79 bits per heavy atom. The lowest BCUT2D eigenvalue weighted by Crippen LogP contribution is -2.60. The summed E-state index contributed by atoms with van der Waals surface area (Å²) in [6, 6.07) is 18.0. The monoisotopic (exact) mass is 856 g/mol. The molecule has 4 heterocycles. The Bertz CT molecular complexity index is 2510. The number of aryl methyl sites for hydroxylation is 2. The maximum atomic E-state index is 14.6. The summed E-state index contributed by atoms with van der Waals surface area (Å²) in [5.41, 5.74) is 11.0. The van der Waals surface area contributed by atoms with E-state index in [2.05, 4.69) is 86.0 Å². The van der Waals surface area contributed by atoms with E-state index < -0.39 is 41.2 Å². The fourth-order valence-corrected chi connectivity index (χ4v) is 9.44. The summed E-state index contributed by atoms with van der Waals surface area (Å²) < 4.78 is 8.40. The molecule has 13 nitrogen and oxygen atoms in total. The number of aromatic hydroxyl groups is 1. The fourth-order valence-electron chi connectivity index (χ4n) is 9.44. The van der Waals surface area contributed by atoms with E-state index in [9.17, 15) is 29.1 Å². The van der Waals surface area contributed by atoms with Crippen LogP contribution in [0.5, 0.6) is 5.75 Å². The number of phenols is 1. The number of nitrogens with one attached hydrogen (secondary N) is 2. The molecular formula is C50H60N6O7. The zero-order valence-electron chi connectivity index (χ0n) is 37.5. The molecule has 2 saturated heterocycles. The molecule has 4 aromatic rings. The van der Waals surface area contributed by atoms with E-state index in [1.807, 2.05) is 12.1 Å². The van der Waals surface area contributed by atoms with Gasteiger partial charge in [0.25, 0.3) is 11.8 Å². The van der Waals surface area contributed by atoms with Crippen LogP contribution in [0.1, 0.15) is 70.6 Å². The first-order valence-electron chi connectivity index (χ1n) is 22.0. The smallest absolute Gasteiger partial charge is 0.324 e. The van der Waals surface area contributed by atoms with Crippen molar-refractivity contribution in [2.45, 2.75) is 92.3 Å². The van der Waals surface area contributed by atoms with E-state index in [-0.39, 0.29) is 49.4 Å². The third-order valence-electron chi connectivity index (χ3n) is 12.5. The number of ether oxygens (including phenoxy) is 1. The largest absolute Gasteiger partial charge is 0.508 e. The Balaban J connectivity index is 1.30. The molecule has 332 valence electrons. The third kappa shape index (κ3) is 9.44. The Kier molecular flexibility index (Phi) is 13.0. The normalized spacial score (nSPS) is 20.1. The molecule has 0 unspecified atom stereocenters. The first-order valence-corrected chi connectivity index (χ1v) is 22.0. The molecule has 0 aliphatic carbocycles. The Morgan fingerprint density at radius 1 is 1.02 bits per heavy atom. The number of allylic oxidation sites excluding steroid dienone is 1. The van der Waals surface area contributed by atoms with Gasteiger partial charge in [-0.05, 0) is 123 Å². The van der Waals surface area contributed by atoms with Crippen LogP contribution in [0.2, 0.25) is 0 Å². The van der Waals surface area contributed by atoms with Crippen LogP contribution in [0.15, 0.2) is 84.6 Å². The van der Waals surface area contributed by atoms with Crippen LogP contribution < -0.4 is 10.7 Å². The van der Waals surface area contributed by atoms with Gasteiger partial charge in [-0.25, -0.2) is 5.43 Å². The molecule has 3 aliphatic heterocycles. The number of carbonyl (C=O) groups excluding carboxylic acids is 5. The van der Waals surface area contributed by atoms with Crippen molar-refractivity contribution in [1.29, 1.82) is 0 Å². The number of fused-ring (bicyclic) bond motifs is 6. The molecule has 3 aliphatic rings. The van der Waals surface area contributed by atoms with E-state index in [0.29, 0.717) is 43.4 Å². The first-order chi connectivity index (χ1) is 30.0. The maximum absolute atomic E-state index is 14.6. The molecule has 0 radical (unpaired) electrons. The van der Waals surface area contributed by atoms with E-state index in [1.54, 1.807) is 30.9 Å². The minimum atomic E-state index is -1.18. The zero-order valence-corrected chi connectivity index (χ0v) is 37.5. The van der Waals surface area contributed by atoms with Gasteiger partial charge in [0.2, 0.25) is 11.8 Å². The predicted octanol–water partition coefficient (Wildman–Crippen LogP) is 6.44. The van der Waals surface area contributed by atoms with Gasteiger partial charge in [0, 0.05) is 56.0 Å². The number of nitrogens with zero attached hydrogens (tertiary/aromatic N) is 4. The molecule has 63 heavy (non-hydrogen) atoms. The van der Waals surface area contributed by atoms with E-state index >= 15 is 0 Å². The number of cyclic esters (lactones) is 1. The number of phenolic OH excluding ortho intramolecular Hbond substituents is 1. The maximum Gasteiger partial charge on any atom is 0.324 e. The molecule has 13 heteroatoms. The number of carbonyl (C=O) groups is 5. The molecule has 2 fully saturated rings. The number of hydrogen-bond acceptors (Lipinski definition) is 8. The fraction of sp³-hybridized carbons (Fsp3) is 0.420. The second-order valence-corrected chi connectivity index (χ2v) is 18.3. The Hall–Kier alpha value is -6.21. The summed E-state index contributed by atoms with van der Waals surface area (Å²) in [7, 11) is 1.53. The number of likely N-dealkylation sites (N-methyl/N-ethyl adjacent to an activating group) is 1. The number of amides is 4. The highest BCUT2D eigenvalue weighted by Crippen LogP contribution is 2.41. The van der Waals surface area contributed by atoms with Crippen LogP contribution >= 0.6 is 0 Å². The van der Waals surface area contributed by atoms with Crippen LogP contribution in [-0.2, 0) is 48.1 Å². The number of hydrazine groups is 1. The number of hydrogen-bond donors (Lipinski definition) is 3. The van der Waals surface area contributed by atoms with Crippen molar-refractivity contribution in [2.24, 2.45) is 11.3 Å². The zero-order chi connectivity index (χ0) is 45.3. The van der Waals surface area contributed by atoms with Crippen LogP contribution in [0.3, 0.4) is 0 Å². The molecule has 6 bridgehead atoms. The number of likely N-dealkylation sites (tertiary alicyclic amines) is 1. The lowest BCUT2D eigenvalue weighted by Gasteiger charge is -2.36. The van der Waals surface area contributed by atoms with Crippen molar-refractivity contribution in [1.82, 2.24) is 30.1 Å². The van der Waals surface area contributed by atoms with Crippen molar-refractivity contribution in [3.05, 3.63) is 101 Å². The highest BCUT2D eigenvalue weighted by atomic mass is 16.5. The van der Waals surface area contributed by atoms with Gasteiger partial charge >= 0.3 is 5.97 Å². The lowest BCUT2D eigenvalue weighted by atomic mass is 9.84. The minimum absolute atomic E-state index is 0.00257. The SMILES string of the molecule is C=CC(=O)N1CC[C@H](C(=O)N(C)C(C(=O)N[C@H]2Cc3cc(O)cc(c3)-c3ccc4c(c3)c(c(-c3cccc(C)c3)n4CC)CC(C)(C)COC(=O)[C@@H]3CCCN(N3)C2=O)=C(C)C)C1. The average Bonchev–Trinajstić information content (AvgIpc) is 3.87. The molecule has 3 N–H and O–H groups in total. The average molecular weight is 857 g/mol. The summed E-state index contributed by atoms with van der Waals surface area (Å²) in [4.78, 5) is 71.9. The molecule has 7 rings (SSSR count). The van der Waals surface area contributed by atoms with Crippen molar-refractivity contribution in [3.8, 4) is 28.1 Å². The number of benzene rings is 3. The standard InChI is InChI=1S/C50H60N6O7/c1-9-43(58)54-20-18-35(28-54)47(60)53(8)44(30(3)4)46(59)51-41-24-32-22-36(25-37(57)23-32)33-16-17-42-38(26-33)39(45(55(42)10-2)34-14-11-13-31(5)21-34)27-50(6,7)29-63-49(62)40-15-12-19-56(52-40)48(41)61/h9,11,13-14,16-17,21-23,25-26,35,40-41,52,57H,1,10,12,15,18-20,24,27-29H2,2-8H3,(H,51,59)/t35-,40-,41-/m0/s1. The van der Waals surface area contributed by atoms with Crippen LogP contribution in [0, 0.1) is 18.3 Å². The van der Waals surface area contributed by atoms with Crippen molar-refractivity contribution in [3.63, 3.8) is 0 Å². The quantitative estimate of drug-likeness (QED) is 0.142. The Labute approximate surface area is 369 Å². The van der Waals surface area contributed by atoms with Gasteiger partial charge < -0.3 is 29.5 Å².